The lowest BCUT2D eigenvalue weighted by atomic mass is 9.87. The third-order valence-corrected chi connectivity index (χ3v) is 7.72. The number of carbonyl (C=O) groups is 4. The molecule has 228 valence electrons. The van der Waals surface area contributed by atoms with Crippen LogP contribution < -0.4 is 0 Å². The van der Waals surface area contributed by atoms with Gasteiger partial charge < -0.3 is 38.6 Å². The van der Waals surface area contributed by atoms with Crippen molar-refractivity contribution >= 4 is 23.9 Å². The van der Waals surface area contributed by atoms with E-state index in [0.717, 1.165) is 19.3 Å². The van der Waals surface area contributed by atoms with Crippen molar-refractivity contribution in [2.24, 2.45) is 0 Å². The van der Waals surface area contributed by atoms with E-state index in [-0.39, 0.29) is 42.4 Å². The molecule has 0 unspecified atom stereocenters. The first kappa shape index (κ1) is 29.7. The molecule has 0 aromatic rings. The van der Waals surface area contributed by atoms with Crippen LogP contribution in [0.15, 0.2) is 83.3 Å². The van der Waals surface area contributed by atoms with Crippen LogP contribution in [-0.2, 0) is 47.6 Å². The van der Waals surface area contributed by atoms with E-state index in [1.165, 1.54) is 36.5 Å². The molecule has 5 rings (SSSR count). The fraction of sp³-hybridized carbons (Fsp3) is 0.419. The summed E-state index contributed by atoms with van der Waals surface area (Å²) in [6.07, 6.45) is 16.7. The summed E-state index contributed by atoms with van der Waals surface area (Å²) >= 11 is 0. The second-order valence-corrected chi connectivity index (χ2v) is 10.7. The number of aliphatic hydroxyl groups excluding tert-OH is 2. The zero-order chi connectivity index (χ0) is 30.7. The molecule has 2 N–H and O–H groups in total. The fourth-order valence-corrected chi connectivity index (χ4v) is 5.44. The van der Waals surface area contributed by atoms with Gasteiger partial charge in [0.15, 0.2) is 0 Å². The van der Waals surface area contributed by atoms with Gasteiger partial charge >= 0.3 is 23.9 Å². The molecule has 43 heavy (non-hydrogen) atoms. The van der Waals surface area contributed by atoms with Gasteiger partial charge in [-0.15, -0.1) is 0 Å². The number of rotatable bonds is 5. The van der Waals surface area contributed by atoms with E-state index >= 15 is 0 Å². The molecule has 3 heterocycles. The van der Waals surface area contributed by atoms with Gasteiger partial charge in [-0.1, -0.05) is 42.9 Å². The SMILES string of the molecule is C/C=C/C=C/C1=C(O)OC2(CCC3(CC2)OC(=O)C(/C=C/C=C/C=C2C(=O)OC4(CCCCC4)OC2=O)=C(O)O3)OC1=O. The lowest BCUT2D eigenvalue weighted by Gasteiger charge is -2.46. The van der Waals surface area contributed by atoms with E-state index in [2.05, 4.69) is 0 Å². The highest BCUT2D eigenvalue weighted by Gasteiger charge is 2.55. The van der Waals surface area contributed by atoms with Gasteiger partial charge in [-0.25, -0.2) is 19.2 Å². The van der Waals surface area contributed by atoms with Crippen molar-refractivity contribution in [1.82, 2.24) is 0 Å². The molecule has 0 atom stereocenters. The van der Waals surface area contributed by atoms with Crippen LogP contribution in [0.4, 0.5) is 0 Å². The first-order chi connectivity index (χ1) is 20.6. The van der Waals surface area contributed by atoms with E-state index in [1.807, 2.05) is 0 Å². The number of hydrogen-bond acceptors (Lipinski definition) is 12. The van der Waals surface area contributed by atoms with Crippen molar-refractivity contribution in [3.05, 3.63) is 83.3 Å². The Kier molecular flexibility index (Phi) is 8.21. The standard InChI is InChI=1S/C31H32O12/c1-2-3-6-11-20-25(34)40-30(41-26(20)35)16-18-31(19-17-30)42-27(36)22(28(37)43-31)13-8-4-7-12-21-23(32)38-29(39-24(21)33)14-9-5-10-15-29/h2-4,6-8,11-13,34,36H,5,9-10,14-19H2,1H3/b3-2+,7-4+,11-6+,13-8+. The minimum Gasteiger partial charge on any atom is -0.480 e. The molecule has 3 aliphatic heterocycles. The summed E-state index contributed by atoms with van der Waals surface area (Å²) in [4.78, 5) is 50.1. The summed E-state index contributed by atoms with van der Waals surface area (Å²) in [6, 6.07) is 0. The summed E-state index contributed by atoms with van der Waals surface area (Å²) in [5.74, 6) is -8.49. The molecule has 0 aromatic heterocycles. The Balaban J connectivity index is 1.19. The minimum atomic E-state index is -1.51. The predicted octanol–water partition coefficient (Wildman–Crippen LogP) is 4.57. The molecule has 2 aliphatic carbocycles. The van der Waals surface area contributed by atoms with Crippen molar-refractivity contribution in [2.75, 3.05) is 0 Å². The maximum Gasteiger partial charge on any atom is 0.348 e. The van der Waals surface area contributed by atoms with Gasteiger partial charge in [-0.3, -0.25) is 0 Å². The van der Waals surface area contributed by atoms with Crippen molar-refractivity contribution in [2.45, 2.75) is 82.1 Å². The summed E-state index contributed by atoms with van der Waals surface area (Å²) < 4.78 is 33.0. The molecule has 0 aromatic carbocycles. The molecule has 12 heteroatoms. The zero-order valence-corrected chi connectivity index (χ0v) is 23.5. The van der Waals surface area contributed by atoms with Gasteiger partial charge in [0.2, 0.25) is 0 Å². The van der Waals surface area contributed by atoms with Crippen LogP contribution in [0.1, 0.15) is 64.7 Å². The van der Waals surface area contributed by atoms with E-state index in [1.54, 1.807) is 25.2 Å². The van der Waals surface area contributed by atoms with E-state index in [0.29, 0.717) is 12.8 Å². The second kappa shape index (κ2) is 11.9. The van der Waals surface area contributed by atoms with E-state index in [4.69, 9.17) is 28.4 Å². The van der Waals surface area contributed by atoms with Crippen LogP contribution >= 0.6 is 0 Å². The number of allylic oxidation sites excluding steroid dienone is 7. The zero-order valence-electron chi connectivity index (χ0n) is 23.5. The third-order valence-electron chi connectivity index (χ3n) is 7.72. The van der Waals surface area contributed by atoms with Crippen molar-refractivity contribution < 1.29 is 57.8 Å². The molecule has 2 saturated carbocycles. The Labute approximate surface area is 247 Å². The lowest BCUT2D eigenvalue weighted by molar-refractivity contribution is -0.302. The number of esters is 4. The molecular weight excluding hydrogens is 564 g/mol. The number of ether oxygens (including phenoxy) is 6. The maximum atomic E-state index is 12.8. The average Bonchev–Trinajstić information content (AvgIpc) is 2.95. The summed E-state index contributed by atoms with van der Waals surface area (Å²) in [7, 11) is 0. The van der Waals surface area contributed by atoms with Gasteiger partial charge in [0, 0.05) is 38.5 Å². The Morgan fingerprint density at radius 2 is 0.977 bits per heavy atom. The molecule has 3 spiro atoms. The van der Waals surface area contributed by atoms with Gasteiger partial charge in [-0.2, -0.15) is 0 Å². The Bertz CT molecular complexity index is 1380. The highest BCUT2D eigenvalue weighted by molar-refractivity contribution is 6.15. The highest BCUT2D eigenvalue weighted by atomic mass is 16.8. The van der Waals surface area contributed by atoms with Crippen molar-refractivity contribution in [3.63, 3.8) is 0 Å². The minimum absolute atomic E-state index is 0.00502. The quantitative estimate of drug-likeness (QED) is 0.150. The largest absolute Gasteiger partial charge is 0.480 e. The molecular formula is C31H32O12. The number of aliphatic hydroxyl groups is 2. The van der Waals surface area contributed by atoms with Crippen LogP contribution in [0, 0.1) is 0 Å². The first-order valence-electron chi connectivity index (χ1n) is 14.1. The Hall–Kier alpha value is -4.74. The predicted molar refractivity (Wildman–Crippen MR) is 146 cm³/mol. The lowest BCUT2D eigenvalue weighted by Crippen LogP contribution is -2.53. The average molecular weight is 597 g/mol. The van der Waals surface area contributed by atoms with Crippen LogP contribution in [0.2, 0.25) is 0 Å². The van der Waals surface area contributed by atoms with Crippen molar-refractivity contribution in [1.29, 1.82) is 0 Å². The van der Waals surface area contributed by atoms with Crippen LogP contribution in [-0.4, -0.2) is 51.5 Å². The first-order valence-corrected chi connectivity index (χ1v) is 14.1. The molecule has 0 radical (unpaired) electrons. The molecule has 3 fully saturated rings. The van der Waals surface area contributed by atoms with Crippen molar-refractivity contribution in [3.8, 4) is 0 Å². The number of carbonyl (C=O) groups excluding carboxylic acids is 4. The second-order valence-electron chi connectivity index (χ2n) is 10.7. The van der Waals surface area contributed by atoms with Crippen LogP contribution in [0.5, 0.6) is 0 Å². The molecule has 0 bridgehead atoms. The Morgan fingerprint density at radius 1 is 0.535 bits per heavy atom. The molecule has 1 saturated heterocycles. The van der Waals surface area contributed by atoms with Crippen LogP contribution in [0.3, 0.4) is 0 Å². The Morgan fingerprint density at radius 3 is 1.44 bits per heavy atom. The maximum absolute atomic E-state index is 12.8. The van der Waals surface area contributed by atoms with E-state index < -0.39 is 53.1 Å². The highest BCUT2D eigenvalue weighted by Crippen LogP contribution is 2.46. The third kappa shape index (κ3) is 6.23. The van der Waals surface area contributed by atoms with Gasteiger partial charge in [0.25, 0.3) is 29.3 Å². The summed E-state index contributed by atoms with van der Waals surface area (Å²) in [5.41, 5.74) is -0.631. The van der Waals surface area contributed by atoms with Gasteiger partial charge in [0.05, 0.1) is 0 Å². The fourth-order valence-electron chi connectivity index (χ4n) is 5.44. The monoisotopic (exact) mass is 596 g/mol. The smallest absolute Gasteiger partial charge is 0.348 e. The van der Waals surface area contributed by atoms with E-state index in [9.17, 15) is 29.4 Å². The normalized spacial score (nSPS) is 25.0. The van der Waals surface area contributed by atoms with Crippen LogP contribution in [0.25, 0.3) is 0 Å². The summed E-state index contributed by atoms with van der Waals surface area (Å²) in [6.45, 7) is 1.80. The molecule has 5 aliphatic rings. The molecule has 0 amide bonds. The van der Waals surface area contributed by atoms with Gasteiger partial charge in [0.1, 0.15) is 16.7 Å². The topological polar surface area (TPSA) is 164 Å². The molecule has 12 nitrogen and oxygen atoms in total. The number of hydrogen-bond donors (Lipinski definition) is 2. The van der Waals surface area contributed by atoms with Gasteiger partial charge in [-0.05, 0) is 38.0 Å². The summed E-state index contributed by atoms with van der Waals surface area (Å²) in [5, 5.41) is 20.8.